The lowest BCUT2D eigenvalue weighted by Crippen LogP contribution is -2.12. The number of hydrogen-bond donors (Lipinski definition) is 1. The Morgan fingerprint density at radius 1 is 1.15 bits per heavy atom. The molecule has 5 heteroatoms. The number of carbonyl (C=O) groups is 2. The van der Waals surface area contributed by atoms with E-state index in [0.29, 0.717) is 17.0 Å². The smallest absolute Gasteiger partial charge is 0.310 e. The van der Waals surface area contributed by atoms with Crippen molar-refractivity contribution in [2.75, 3.05) is 7.11 Å². The molecule has 3 rings (SSSR count). The summed E-state index contributed by atoms with van der Waals surface area (Å²) in [6.45, 7) is 8.30. The summed E-state index contributed by atoms with van der Waals surface area (Å²) in [5, 5.41) is 0.865. The number of H-pyrrole nitrogens is 1. The third-order valence-corrected chi connectivity index (χ3v) is 4.70. The minimum atomic E-state index is -0.386. The lowest BCUT2D eigenvalue weighted by molar-refractivity contribution is -0.139. The van der Waals surface area contributed by atoms with Crippen LogP contribution in [0.4, 0.5) is 0 Å². The lowest BCUT2D eigenvalue weighted by atomic mass is 9.86. The molecule has 1 aromatic carbocycles. The predicted octanol–water partition coefficient (Wildman–Crippen LogP) is 4.12. The molecule has 1 N–H and O–H groups in total. The number of aryl methyl sites for hydroxylation is 1. The molecule has 0 aliphatic carbocycles. The fraction of sp³-hybridized carbons (Fsp3) is 0.318. The molecule has 5 nitrogen and oxygen atoms in total. The first kappa shape index (κ1) is 18.8. The number of benzene rings is 1. The molecule has 0 radical (unpaired) electrons. The summed E-state index contributed by atoms with van der Waals surface area (Å²) in [4.78, 5) is 32.5. The van der Waals surface area contributed by atoms with Gasteiger partial charge < -0.3 is 9.72 Å². The van der Waals surface area contributed by atoms with Crippen LogP contribution in [-0.4, -0.2) is 28.8 Å². The maximum absolute atomic E-state index is 13.1. The molecule has 0 amide bonds. The van der Waals surface area contributed by atoms with Crippen molar-refractivity contribution in [2.24, 2.45) is 0 Å². The van der Waals surface area contributed by atoms with Crippen molar-refractivity contribution in [1.82, 2.24) is 9.97 Å². The number of nitrogens with one attached hydrogen (secondary N) is 1. The fourth-order valence-electron chi connectivity index (χ4n) is 3.10. The third-order valence-electron chi connectivity index (χ3n) is 4.70. The van der Waals surface area contributed by atoms with Gasteiger partial charge in [-0.15, -0.1) is 0 Å². The van der Waals surface area contributed by atoms with E-state index in [1.165, 1.54) is 7.11 Å². The number of nitrogens with zero attached hydrogens (tertiary/aromatic N) is 1. The van der Waals surface area contributed by atoms with Crippen LogP contribution in [0.1, 0.15) is 53.6 Å². The summed E-state index contributed by atoms with van der Waals surface area (Å²) in [6, 6.07) is 9.63. The number of aromatic nitrogens is 2. The van der Waals surface area contributed by atoms with Crippen LogP contribution >= 0.6 is 0 Å². The number of rotatable bonds is 4. The molecule has 0 saturated carbocycles. The van der Waals surface area contributed by atoms with Crippen molar-refractivity contribution in [3.05, 3.63) is 64.6 Å². The van der Waals surface area contributed by atoms with E-state index in [1.807, 2.05) is 31.2 Å². The number of pyridine rings is 1. The number of carbonyl (C=O) groups excluding carboxylic acids is 2. The van der Waals surface area contributed by atoms with Gasteiger partial charge >= 0.3 is 5.97 Å². The van der Waals surface area contributed by atoms with Crippen LogP contribution in [0.25, 0.3) is 10.9 Å². The summed E-state index contributed by atoms with van der Waals surface area (Å²) in [5.41, 5.74) is 4.25. The molecule has 0 spiro atoms. The van der Waals surface area contributed by atoms with Crippen LogP contribution < -0.4 is 0 Å². The summed E-state index contributed by atoms with van der Waals surface area (Å²) >= 11 is 0. The number of fused-ring (bicyclic) bond motifs is 1. The Kier molecular flexibility index (Phi) is 4.87. The van der Waals surface area contributed by atoms with Gasteiger partial charge in [-0.1, -0.05) is 26.8 Å². The topological polar surface area (TPSA) is 72.1 Å². The predicted molar refractivity (Wildman–Crippen MR) is 105 cm³/mol. The second-order valence-corrected chi connectivity index (χ2v) is 7.79. The van der Waals surface area contributed by atoms with E-state index in [-0.39, 0.29) is 23.6 Å². The highest BCUT2D eigenvalue weighted by molar-refractivity contribution is 6.11. The fourth-order valence-corrected chi connectivity index (χ4v) is 3.10. The van der Waals surface area contributed by atoms with E-state index in [2.05, 4.69) is 30.7 Å². The standard InChI is InChI=1S/C22H24N2O3/c1-13-8-9-23-18(10-13)21(26)20-16(12-19(25)27-5)15-11-14(22(2,3)4)6-7-17(15)24-20/h6-11,24H,12H2,1-5H3. The number of aromatic amines is 1. The SMILES string of the molecule is COC(=O)Cc1c(C(=O)c2cc(C)ccn2)[nH]c2ccc(C(C)(C)C)cc12. The van der Waals surface area contributed by atoms with E-state index in [4.69, 9.17) is 4.74 Å². The van der Waals surface area contributed by atoms with Crippen LogP contribution in [0, 0.1) is 6.92 Å². The molecule has 140 valence electrons. The molecule has 3 aromatic rings. The largest absolute Gasteiger partial charge is 0.469 e. The number of hydrogen-bond acceptors (Lipinski definition) is 4. The van der Waals surface area contributed by atoms with Gasteiger partial charge in [0, 0.05) is 22.7 Å². The molecule has 0 saturated heterocycles. The Bertz CT molecular complexity index is 1030. The van der Waals surface area contributed by atoms with Gasteiger partial charge in [-0.05, 0) is 47.7 Å². The Labute approximate surface area is 158 Å². The molecule has 27 heavy (non-hydrogen) atoms. The van der Waals surface area contributed by atoms with Crippen LogP contribution in [0.2, 0.25) is 0 Å². The van der Waals surface area contributed by atoms with Crippen LogP contribution in [0.15, 0.2) is 36.5 Å². The second kappa shape index (κ2) is 6.99. The molecule has 0 aliphatic heterocycles. The number of methoxy groups -OCH3 is 1. The number of esters is 1. The summed E-state index contributed by atoms with van der Waals surface area (Å²) in [6.07, 6.45) is 1.64. The molecule has 0 atom stereocenters. The quantitative estimate of drug-likeness (QED) is 0.558. The summed E-state index contributed by atoms with van der Waals surface area (Å²) in [5.74, 6) is -0.616. The summed E-state index contributed by atoms with van der Waals surface area (Å²) < 4.78 is 4.85. The van der Waals surface area contributed by atoms with Crippen LogP contribution in [-0.2, 0) is 21.4 Å². The highest BCUT2D eigenvalue weighted by Crippen LogP contribution is 2.30. The molecule has 2 heterocycles. The average molecular weight is 364 g/mol. The first-order chi connectivity index (χ1) is 12.7. The van der Waals surface area contributed by atoms with Crippen molar-refractivity contribution in [3.63, 3.8) is 0 Å². The van der Waals surface area contributed by atoms with Gasteiger partial charge in [-0.2, -0.15) is 0 Å². The maximum Gasteiger partial charge on any atom is 0.310 e. The van der Waals surface area contributed by atoms with Gasteiger partial charge in [-0.3, -0.25) is 14.6 Å². The second-order valence-electron chi connectivity index (χ2n) is 7.79. The molecule has 0 bridgehead atoms. The monoisotopic (exact) mass is 364 g/mol. The Hall–Kier alpha value is -2.95. The third kappa shape index (κ3) is 3.77. The molecule has 0 unspecified atom stereocenters. The van der Waals surface area contributed by atoms with Gasteiger partial charge in [0.15, 0.2) is 0 Å². The van der Waals surface area contributed by atoms with Gasteiger partial charge in [0.1, 0.15) is 5.69 Å². The summed E-state index contributed by atoms with van der Waals surface area (Å²) in [7, 11) is 1.35. The van der Waals surface area contributed by atoms with Crippen LogP contribution in [0.5, 0.6) is 0 Å². The van der Waals surface area contributed by atoms with Gasteiger partial charge in [0.2, 0.25) is 5.78 Å². The molecular weight excluding hydrogens is 340 g/mol. The minimum absolute atomic E-state index is 0.0248. The highest BCUT2D eigenvalue weighted by atomic mass is 16.5. The normalized spacial score (nSPS) is 11.6. The van der Waals surface area contributed by atoms with E-state index in [9.17, 15) is 9.59 Å². The first-order valence-electron chi connectivity index (χ1n) is 8.90. The van der Waals surface area contributed by atoms with Crippen molar-refractivity contribution < 1.29 is 14.3 Å². The first-order valence-corrected chi connectivity index (χ1v) is 8.90. The van der Waals surface area contributed by atoms with Crippen molar-refractivity contribution in [3.8, 4) is 0 Å². The van der Waals surface area contributed by atoms with Gasteiger partial charge in [-0.25, -0.2) is 0 Å². The zero-order valence-corrected chi connectivity index (χ0v) is 16.3. The highest BCUT2D eigenvalue weighted by Gasteiger charge is 2.24. The van der Waals surface area contributed by atoms with Crippen LogP contribution in [0.3, 0.4) is 0 Å². The van der Waals surface area contributed by atoms with E-state index in [0.717, 1.165) is 22.0 Å². The Morgan fingerprint density at radius 2 is 1.89 bits per heavy atom. The maximum atomic E-state index is 13.1. The van der Waals surface area contributed by atoms with Crippen molar-refractivity contribution in [1.29, 1.82) is 0 Å². The minimum Gasteiger partial charge on any atom is -0.469 e. The van der Waals surface area contributed by atoms with E-state index >= 15 is 0 Å². The molecule has 0 fully saturated rings. The molecular formula is C22H24N2O3. The van der Waals surface area contributed by atoms with Gasteiger partial charge in [0.25, 0.3) is 0 Å². The van der Waals surface area contributed by atoms with E-state index < -0.39 is 0 Å². The lowest BCUT2D eigenvalue weighted by Gasteiger charge is -2.19. The molecule has 0 aliphatic rings. The van der Waals surface area contributed by atoms with Crippen molar-refractivity contribution in [2.45, 2.75) is 39.5 Å². The van der Waals surface area contributed by atoms with Crippen molar-refractivity contribution >= 4 is 22.7 Å². The van der Waals surface area contributed by atoms with Gasteiger partial charge in [0.05, 0.1) is 19.2 Å². The molecule has 2 aromatic heterocycles. The Morgan fingerprint density at radius 3 is 2.52 bits per heavy atom. The number of ketones is 1. The number of ether oxygens (including phenoxy) is 1. The Balaban J connectivity index is 2.20. The zero-order valence-electron chi connectivity index (χ0n) is 16.3. The average Bonchev–Trinajstić information content (AvgIpc) is 2.98. The zero-order chi connectivity index (χ0) is 19.8. The van der Waals surface area contributed by atoms with E-state index in [1.54, 1.807) is 12.3 Å².